The summed E-state index contributed by atoms with van der Waals surface area (Å²) < 4.78 is 0. The van der Waals surface area contributed by atoms with Gasteiger partial charge in [-0.25, -0.2) is 4.98 Å². The molecule has 68 valence electrons. The van der Waals surface area contributed by atoms with Crippen LogP contribution in [0.5, 0.6) is 0 Å². The maximum atomic E-state index is 5.25. The lowest BCUT2D eigenvalue weighted by Crippen LogP contribution is -1.86. The minimum Gasteiger partial charge on any atom is -0.232 e. The summed E-state index contributed by atoms with van der Waals surface area (Å²) in [6.07, 6.45) is 6.12. The maximum Gasteiger partial charge on any atom is 0.124 e. The van der Waals surface area contributed by atoms with Crippen molar-refractivity contribution in [2.24, 2.45) is 0 Å². The lowest BCUT2D eigenvalue weighted by atomic mass is 10.2. The van der Waals surface area contributed by atoms with Crippen molar-refractivity contribution in [2.45, 2.75) is 6.42 Å². The van der Waals surface area contributed by atoms with Gasteiger partial charge in [0.15, 0.2) is 0 Å². The fraction of sp³-hybridized carbons (Fsp3) is 0.0833. The highest BCUT2D eigenvalue weighted by atomic mass is 32.1. The maximum absolute atomic E-state index is 5.25. The smallest absolute Gasteiger partial charge is 0.124 e. The average Bonchev–Trinajstić information content (AvgIpc) is 2.67. The summed E-state index contributed by atoms with van der Waals surface area (Å²) in [7, 11) is 0. The summed E-state index contributed by atoms with van der Waals surface area (Å²) in [6.45, 7) is 0. The SMILES string of the molecule is C#Cc1csc(Cc2ccccc2)n1. The van der Waals surface area contributed by atoms with E-state index in [1.165, 1.54) is 5.56 Å². The minimum absolute atomic E-state index is 0.737. The number of aromatic nitrogens is 1. The highest BCUT2D eigenvalue weighted by molar-refractivity contribution is 7.09. The Labute approximate surface area is 87.4 Å². The molecule has 1 heterocycles. The van der Waals surface area contributed by atoms with E-state index >= 15 is 0 Å². The quantitative estimate of drug-likeness (QED) is 0.678. The van der Waals surface area contributed by atoms with Gasteiger partial charge in [-0.15, -0.1) is 17.8 Å². The van der Waals surface area contributed by atoms with E-state index < -0.39 is 0 Å². The van der Waals surface area contributed by atoms with E-state index in [2.05, 4.69) is 23.0 Å². The third kappa shape index (κ3) is 2.01. The van der Waals surface area contributed by atoms with E-state index in [0.717, 1.165) is 17.1 Å². The van der Waals surface area contributed by atoms with Crippen molar-refractivity contribution in [1.82, 2.24) is 4.98 Å². The molecule has 0 fully saturated rings. The molecule has 0 saturated carbocycles. The van der Waals surface area contributed by atoms with Crippen LogP contribution in [0.15, 0.2) is 35.7 Å². The van der Waals surface area contributed by atoms with Crippen molar-refractivity contribution in [1.29, 1.82) is 0 Å². The fourth-order valence-electron chi connectivity index (χ4n) is 1.23. The van der Waals surface area contributed by atoms with Gasteiger partial charge in [0.1, 0.15) is 5.69 Å². The first kappa shape index (κ1) is 8.98. The number of hydrogen-bond donors (Lipinski definition) is 0. The van der Waals surface area contributed by atoms with Crippen LogP contribution in [-0.4, -0.2) is 4.98 Å². The molecule has 0 unspecified atom stereocenters. The van der Waals surface area contributed by atoms with Crippen LogP contribution >= 0.6 is 11.3 Å². The zero-order chi connectivity index (χ0) is 9.80. The van der Waals surface area contributed by atoms with Gasteiger partial charge in [-0.1, -0.05) is 30.3 Å². The van der Waals surface area contributed by atoms with Gasteiger partial charge in [0.25, 0.3) is 0 Å². The highest BCUT2D eigenvalue weighted by Gasteiger charge is 2.00. The fourth-order valence-corrected chi connectivity index (χ4v) is 2.00. The molecule has 0 aliphatic heterocycles. The summed E-state index contributed by atoms with van der Waals surface area (Å²) >= 11 is 1.62. The van der Waals surface area contributed by atoms with Crippen LogP contribution < -0.4 is 0 Å². The highest BCUT2D eigenvalue weighted by Crippen LogP contribution is 2.13. The molecule has 1 aromatic heterocycles. The second-order valence-corrected chi connectivity index (χ2v) is 3.88. The first-order valence-electron chi connectivity index (χ1n) is 4.33. The first-order valence-corrected chi connectivity index (χ1v) is 5.21. The zero-order valence-electron chi connectivity index (χ0n) is 7.60. The van der Waals surface area contributed by atoms with Gasteiger partial charge in [0.05, 0.1) is 5.01 Å². The molecular formula is C12H9NS. The molecule has 14 heavy (non-hydrogen) atoms. The van der Waals surface area contributed by atoms with Crippen molar-refractivity contribution in [3.8, 4) is 12.3 Å². The summed E-state index contributed by atoms with van der Waals surface area (Å²) in [5, 5.41) is 2.99. The van der Waals surface area contributed by atoms with Gasteiger partial charge in [0.2, 0.25) is 0 Å². The zero-order valence-corrected chi connectivity index (χ0v) is 8.42. The topological polar surface area (TPSA) is 12.9 Å². The molecule has 0 saturated heterocycles. The number of terminal acetylenes is 1. The van der Waals surface area contributed by atoms with Crippen LogP contribution in [0.2, 0.25) is 0 Å². The lowest BCUT2D eigenvalue weighted by Gasteiger charge is -1.95. The van der Waals surface area contributed by atoms with E-state index in [-0.39, 0.29) is 0 Å². The molecule has 2 aromatic rings. The Morgan fingerprint density at radius 1 is 1.29 bits per heavy atom. The molecule has 2 heteroatoms. The number of hydrogen-bond acceptors (Lipinski definition) is 2. The molecular weight excluding hydrogens is 190 g/mol. The van der Waals surface area contributed by atoms with Crippen molar-refractivity contribution in [2.75, 3.05) is 0 Å². The van der Waals surface area contributed by atoms with Crippen LogP contribution in [0.1, 0.15) is 16.3 Å². The Kier molecular flexibility index (Phi) is 2.62. The predicted molar refractivity (Wildman–Crippen MR) is 59.3 cm³/mol. The summed E-state index contributed by atoms with van der Waals surface area (Å²) in [5.41, 5.74) is 2.01. The molecule has 2 rings (SSSR count). The van der Waals surface area contributed by atoms with Gasteiger partial charge >= 0.3 is 0 Å². The Morgan fingerprint density at radius 2 is 2.07 bits per heavy atom. The lowest BCUT2D eigenvalue weighted by molar-refractivity contribution is 1.13. The standard InChI is InChI=1S/C12H9NS/c1-2-11-9-14-12(13-11)8-10-6-4-3-5-7-10/h1,3-7,9H,8H2. The van der Waals surface area contributed by atoms with Crippen molar-refractivity contribution < 1.29 is 0 Å². The van der Waals surface area contributed by atoms with Crippen LogP contribution in [0.3, 0.4) is 0 Å². The molecule has 0 bridgehead atoms. The van der Waals surface area contributed by atoms with Crippen molar-refractivity contribution >= 4 is 11.3 Å². The Morgan fingerprint density at radius 3 is 2.71 bits per heavy atom. The number of nitrogens with zero attached hydrogens (tertiary/aromatic N) is 1. The van der Waals surface area contributed by atoms with Crippen LogP contribution in [0.25, 0.3) is 0 Å². The Hall–Kier alpha value is -1.59. The Bertz CT molecular complexity index is 451. The number of benzene rings is 1. The first-order chi connectivity index (χ1) is 6.88. The summed E-state index contributed by atoms with van der Waals surface area (Å²) in [4.78, 5) is 4.31. The van der Waals surface area contributed by atoms with Gasteiger partial charge in [-0.3, -0.25) is 0 Å². The molecule has 0 atom stereocenters. The van der Waals surface area contributed by atoms with E-state index in [9.17, 15) is 0 Å². The van der Waals surface area contributed by atoms with E-state index in [1.54, 1.807) is 11.3 Å². The second kappa shape index (κ2) is 4.08. The molecule has 0 amide bonds. The van der Waals surface area contributed by atoms with Crippen molar-refractivity contribution in [3.05, 3.63) is 52.0 Å². The molecule has 0 spiro atoms. The average molecular weight is 199 g/mol. The summed E-state index contributed by atoms with van der Waals surface area (Å²) in [5.74, 6) is 2.53. The van der Waals surface area contributed by atoms with E-state index in [0.29, 0.717) is 0 Å². The third-order valence-electron chi connectivity index (χ3n) is 1.90. The van der Waals surface area contributed by atoms with Gasteiger partial charge in [-0.05, 0) is 11.5 Å². The molecule has 1 aromatic carbocycles. The molecule has 1 nitrogen and oxygen atoms in total. The van der Waals surface area contributed by atoms with E-state index in [1.807, 2.05) is 23.6 Å². The Balaban J connectivity index is 2.16. The third-order valence-corrected chi connectivity index (χ3v) is 2.75. The van der Waals surface area contributed by atoms with Crippen LogP contribution in [-0.2, 0) is 6.42 Å². The van der Waals surface area contributed by atoms with E-state index in [4.69, 9.17) is 6.42 Å². The molecule has 0 aliphatic carbocycles. The molecule has 0 N–H and O–H groups in total. The largest absolute Gasteiger partial charge is 0.232 e. The number of thiazole rings is 1. The minimum atomic E-state index is 0.737. The second-order valence-electron chi connectivity index (χ2n) is 2.93. The molecule has 0 aliphatic rings. The number of rotatable bonds is 2. The van der Waals surface area contributed by atoms with Gasteiger partial charge in [0, 0.05) is 11.8 Å². The van der Waals surface area contributed by atoms with Crippen LogP contribution in [0, 0.1) is 12.3 Å². The summed E-state index contributed by atoms with van der Waals surface area (Å²) in [6, 6.07) is 10.3. The predicted octanol–water partition coefficient (Wildman–Crippen LogP) is 2.72. The van der Waals surface area contributed by atoms with Gasteiger partial charge in [-0.2, -0.15) is 0 Å². The monoisotopic (exact) mass is 199 g/mol. The molecule has 0 radical (unpaired) electrons. The normalized spacial score (nSPS) is 9.64. The van der Waals surface area contributed by atoms with Gasteiger partial charge < -0.3 is 0 Å². The van der Waals surface area contributed by atoms with Crippen molar-refractivity contribution in [3.63, 3.8) is 0 Å². The van der Waals surface area contributed by atoms with Crippen LogP contribution in [0.4, 0.5) is 0 Å².